The normalized spacial score (nSPS) is 17.1. The molecule has 0 saturated heterocycles. The average molecular weight is 351 g/mol. The summed E-state index contributed by atoms with van der Waals surface area (Å²) in [6, 6.07) is 13.1. The molecule has 3 rings (SSSR count). The van der Waals surface area contributed by atoms with Gasteiger partial charge >= 0.3 is 6.03 Å². The number of rotatable bonds is 3. The van der Waals surface area contributed by atoms with Gasteiger partial charge in [0.05, 0.1) is 11.6 Å². The van der Waals surface area contributed by atoms with Crippen molar-refractivity contribution in [2.75, 3.05) is 12.4 Å². The van der Waals surface area contributed by atoms with Crippen molar-refractivity contribution in [2.45, 2.75) is 19.9 Å². The number of allylic oxidation sites excluding steroid dienone is 1. The maximum absolute atomic E-state index is 13.0. The predicted octanol–water partition coefficient (Wildman–Crippen LogP) is 3.31. The fourth-order valence-electron chi connectivity index (χ4n) is 2.88. The van der Waals surface area contributed by atoms with Crippen LogP contribution in [0.4, 0.5) is 10.5 Å². The minimum Gasteiger partial charge on any atom is -0.508 e. The summed E-state index contributed by atoms with van der Waals surface area (Å²) in [4.78, 5) is 26.6. The van der Waals surface area contributed by atoms with Gasteiger partial charge in [0.1, 0.15) is 5.75 Å². The number of amides is 3. The quantitative estimate of drug-likeness (QED) is 0.793. The van der Waals surface area contributed by atoms with Crippen LogP contribution in [0.15, 0.2) is 59.8 Å². The standard InChI is InChI=1S/C20H21N3O3/c1-12-4-8-15(9-5-12)21-19(25)17-13(2)23(3)20(26)22-18(17)14-6-10-16(24)11-7-14/h4-11,18,24H,1-3H3,(H,21,25)(H,22,26). The van der Waals surface area contributed by atoms with Crippen molar-refractivity contribution in [3.8, 4) is 5.75 Å². The largest absolute Gasteiger partial charge is 0.508 e. The van der Waals surface area contributed by atoms with Gasteiger partial charge in [-0.25, -0.2) is 4.79 Å². The Hall–Kier alpha value is -3.28. The lowest BCUT2D eigenvalue weighted by atomic mass is 9.94. The third-order valence-electron chi connectivity index (χ3n) is 4.53. The van der Waals surface area contributed by atoms with E-state index in [1.807, 2.05) is 31.2 Å². The number of benzene rings is 2. The number of aromatic hydroxyl groups is 1. The highest BCUT2D eigenvalue weighted by molar-refractivity contribution is 6.06. The van der Waals surface area contributed by atoms with Crippen LogP contribution in [0.1, 0.15) is 24.1 Å². The van der Waals surface area contributed by atoms with Crippen LogP contribution in [-0.2, 0) is 4.79 Å². The van der Waals surface area contributed by atoms with Crippen molar-refractivity contribution in [2.24, 2.45) is 0 Å². The molecule has 2 aromatic rings. The average Bonchev–Trinajstić information content (AvgIpc) is 2.62. The molecule has 0 bridgehead atoms. The Bertz CT molecular complexity index is 870. The van der Waals surface area contributed by atoms with E-state index in [4.69, 9.17) is 0 Å². The molecule has 1 aliphatic heterocycles. The summed E-state index contributed by atoms with van der Waals surface area (Å²) in [5.41, 5.74) is 3.54. The van der Waals surface area contributed by atoms with E-state index in [0.717, 1.165) is 11.1 Å². The molecule has 26 heavy (non-hydrogen) atoms. The number of nitrogens with zero attached hydrogens (tertiary/aromatic N) is 1. The highest BCUT2D eigenvalue weighted by atomic mass is 16.3. The van der Waals surface area contributed by atoms with Crippen molar-refractivity contribution in [1.82, 2.24) is 10.2 Å². The van der Waals surface area contributed by atoms with Crippen molar-refractivity contribution >= 4 is 17.6 Å². The molecule has 3 amide bonds. The van der Waals surface area contributed by atoms with Gasteiger partial charge in [0.15, 0.2) is 0 Å². The molecule has 1 unspecified atom stereocenters. The zero-order valence-corrected chi connectivity index (χ0v) is 14.9. The van der Waals surface area contributed by atoms with E-state index in [9.17, 15) is 14.7 Å². The second-order valence-electron chi connectivity index (χ2n) is 6.35. The molecule has 2 aromatic carbocycles. The summed E-state index contributed by atoms with van der Waals surface area (Å²) in [6.07, 6.45) is 0. The minimum atomic E-state index is -0.593. The van der Waals surface area contributed by atoms with Gasteiger partial charge in [0.2, 0.25) is 0 Å². The number of phenols is 1. The number of hydrogen-bond acceptors (Lipinski definition) is 3. The lowest BCUT2D eigenvalue weighted by Crippen LogP contribution is -2.46. The molecule has 0 radical (unpaired) electrons. The van der Waals surface area contributed by atoms with Crippen LogP contribution in [0.3, 0.4) is 0 Å². The van der Waals surface area contributed by atoms with E-state index < -0.39 is 6.04 Å². The van der Waals surface area contributed by atoms with Crippen LogP contribution >= 0.6 is 0 Å². The Morgan fingerprint density at radius 3 is 2.31 bits per heavy atom. The molecule has 0 aliphatic carbocycles. The Balaban J connectivity index is 1.97. The molecule has 0 fully saturated rings. The summed E-state index contributed by atoms with van der Waals surface area (Å²) < 4.78 is 0. The van der Waals surface area contributed by atoms with Gasteiger partial charge < -0.3 is 20.6 Å². The zero-order chi connectivity index (χ0) is 18.8. The van der Waals surface area contributed by atoms with E-state index in [1.165, 1.54) is 17.0 Å². The smallest absolute Gasteiger partial charge is 0.322 e. The minimum absolute atomic E-state index is 0.124. The molecule has 3 N–H and O–H groups in total. The van der Waals surface area contributed by atoms with Gasteiger partial charge in [-0.05, 0) is 43.7 Å². The van der Waals surface area contributed by atoms with Crippen molar-refractivity contribution < 1.29 is 14.7 Å². The van der Waals surface area contributed by atoms with Crippen molar-refractivity contribution in [3.63, 3.8) is 0 Å². The summed E-state index contributed by atoms with van der Waals surface area (Å²) in [7, 11) is 1.62. The van der Waals surface area contributed by atoms with E-state index >= 15 is 0 Å². The maximum atomic E-state index is 13.0. The highest BCUT2D eigenvalue weighted by Gasteiger charge is 2.34. The number of hydrogen-bond donors (Lipinski definition) is 3. The number of carbonyl (C=O) groups is 2. The Labute approximate surface area is 152 Å². The first-order valence-corrected chi connectivity index (χ1v) is 8.29. The predicted molar refractivity (Wildman–Crippen MR) is 99.7 cm³/mol. The van der Waals surface area contributed by atoms with E-state index in [1.54, 1.807) is 26.1 Å². The summed E-state index contributed by atoms with van der Waals surface area (Å²) >= 11 is 0. The fraction of sp³-hybridized carbons (Fsp3) is 0.200. The molecule has 6 heteroatoms. The van der Waals surface area contributed by atoms with Crippen LogP contribution in [-0.4, -0.2) is 29.0 Å². The van der Waals surface area contributed by atoms with E-state index in [-0.39, 0.29) is 17.7 Å². The molecule has 0 spiro atoms. The summed E-state index contributed by atoms with van der Waals surface area (Å²) in [6.45, 7) is 3.72. The topological polar surface area (TPSA) is 81.7 Å². The maximum Gasteiger partial charge on any atom is 0.322 e. The molecule has 1 heterocycles. The van der Waals surface area contributed by atoms with E-state index in [0.29, 0.717) is 17.0 Å². The SMILES string of the molecule is CC1=C(C(=O)Nc2ccc(C)cc2)C(c2ccc(O)cc2)NC(=O)N1C. The third-order valence-corrected chi connectivity index (χ3v) is 4.53. The molecule has 1 atom stereocenters. The first kappa shape index (κ1) is 17.5. The molecule has 1 aliphatic rings. The van der Waals surface area contributed by atoms with Crippen LogP contribution in [0.5, 0.6) is 5.75 Å². The first-order chi connectivity index (χ1) is 12.4. The fourth-order valence-corrected chi connectivity index (χ4v) is 2.88. The van der Waals surface area contributed by atoms with Crippen LogP contribution in [0.2, 0.25) is 0 Å². The molecule has 134 valence electrons. The number of phenolic OH excluding ortho intramolecular Hbond substituents is 1. The second-order valence-corrected chi connectivity index (χ2v) is 6.35. The summed E-state index contributed by atoms with van der Waals surface area (Å²) in [5, 5.41) is 15.2. The van der Waals surface area contributed by atoms with Gasteiger partial charge in [0, 0.05) is 18.4 Å². The summed E-state index contributed by atoms with van der Waals surface area (Å²) in [5.74, 6) is -0.157. The Morgan fingerprint density at radius 1 is 1.08 bits per heavy atom. The monoisotopic (exact) mass is 351 g/mol. The zero-order valence-electron chi connectivity index (χ0n) is 14.9. The number of aryl methyl sites for hydroxylation is 1. The van der Waals surface area contributed by atoms with Gasteiger partial charge in [-0.1, -0.05) is 29.8 Å². The number of nitrogens with one attached hydrogen (secondary N) is 2. The highest BCUT2D eigenvalue weighted by Crippen LogP contribution is 2.31. The third kappa shape index (κ3) is 3.39. The van der Waals surface area contributed by atoms with E-state index in [2.05, 4.69) is 10.6 Å². The van der Waals surface area contributed by atoms with Crippen molar-refractivity contribution in [1.29, 1.82) is 0 Å². The first-order valence-electron chi connectivity index (χ1n) is 8.29. The molecular formula is C20H21N3O3. The number of carbonyl (C=O) groups excluding carboxylic acids is 2. The molecule has 6 nitrogen and oxygen atoms in total. The van der Waals surface area contributed by atoms with Crippen LogP contribution in [0, 0.1) is 6.92 Å². The van der Waals surface area contributed by atoms with Gasteiger partial charge in [0.25, 0.3) is 5.91 Å². The van der Waals surface area contributed by atoms with Crippen molar-refractivity contribution in [3.05, 3.63) is 70.9 Å². The molecule has 0 aromatic heterocycles. The lowest BCUT2D eigenvalue weighted by molar-refractivity contribution is -0.113. The molecular weight excluding hydrogens is 330 g/mol. The van der Waals surface area contributed by atoms with Crippen LogP contribution < -0.4 is 10.6 Å². The van der Waals surface area contributed by atoms with Crippen LogP contribution in [0.25, 0.3) is 0 Å². The second kappa shape index (κ2) is 6.92. The molecule has 0 saturated carbocycles. The number of anilines is 1. The Kier molecular flexibility index (Phi) is 4.67. The van der Waals surface area contributed by atoms with Gasteiger partial charge in [-0.15, -0.1) is 0 Å². The number of urea groups is 1. The lowest BCUT2D eigenvalue weighted by Gasteiger charge is -2.33. The Morgan fingerprint density at radius 2 is 1.69 bits per heavy atom. The van der Waals surface area contributed by atoms with Gasteiger partial charge in [-0.3, -0.25) is 4.79 Å². The van der Waals surface area contributed by atoms with Gasteiger partial charge in [-0.2, -0.15) is 0 Å².